The van der Waals surface area contributed by atoms with Gasteiger partial charge in [-0.25, -0.2) is 4.98 Å². The fraction of sp³-hybridized carbons (Fsp3) is 0.0741. The molecule has 0 spiro atoms. The summed E-state index contributed by atoms with van der Waals surface area (Å²) in [5, 5.41) is 0. The van der Waals surface area contributed by atoms with Crippen LogP contribution in [0.3, 0.4) is 0 Å². The number of hydrogen-bond acceptors (Lipinski definition) is 2. The highest BCUT2D eigenvalue weighted by atomic mass is 14.7. The van der Waals surface area contributed by atoms with E-state index < -0.39 is 5.41 Å². The Morgan fingerprint density at radius 2 is 1.34 bits per heavy atom. The average Bonchev–Trinajstić information content (AvgIpc) is 3.57. The Morgan fingerprint density at radius 3 is 2.12 bits per heavy atom. The SMILES string of the molecule is C=C/C=C(\C=C/C)C1=CC(c2cc(-c3cccc(-c4ccccc4)c3)cc(-c3ccc4c(c3)-c3ccccc3C4(c3ccccc3)c3ccccn3)n2)=CCC1. The van der Waals surface area contributed by atoms with Crippen LogP contribution in [-0.2, 0) is 5.41 Å². The van der Waals surface area contributed by atoms with E-state index >= 15 is 0 Å². The van der Waals surface area contributed by atoms with E-state index in [0.29, 0.717) is 0 Å². The molecule has 7 aromatic rings. The van der Waals surface area contributed by atoms with Crippen molar-refractivity contribution in [2.45, 2.75) is 25.2 Å². The molecule has 0 aliphatic heterocycles. The molecular formula is C54H42N2. The summed E-state index contributed by atoms with van der Waals surface area (Å²) in [6, 6.07) is 56.8. The Labute approximate surface area is 330 Å². The molecule has 0 fully saturated rings. The molecule has 1 atom stereocenters. The lowest BCUT2D eigenvalue weighted by molar-refractivity contribution is 0.735. The molecule has 0 saturated heterocycles. The lowest BCUT2D eigenvalue weighted by Crippen LogP contribution is -2.29. The Balaban J connectivity index is 1.24. The summed E-state index contributed by atoms with van der Waals surface area (Å²) in [5.74, 6) is 0. The number of benzene rings is 5. The number of nitrogens with zero attached hydrogens (tertiary/aromatic N) is 2. The van der Waals surface area contributed by atoms with E-state index in [-0.39, 0.29) is 0 Å². The molecule has 2 nitrogen and oxygen atoms in total. The number of rotatable bonds is 9. The van der Waals surface area contributed by atoms with Crippen LogP contribution in [0.25, 0.3) is 50.2 Å². The van der Waals surface area contributed by atoms with E-state index in [2.05, 4.69) is 196 Å². The highest BCUT2D eigenvalue weighted by molar-refractivity contribution is 5.89. The predicted octanol–water partition coefficient (Wildman–Crippen LogP) is 13.6. The first-order chi connectivity index (χ1) is 27.7. The third-order valence-electron chi connectivity index (χ3n) is 11.1. The first-order valence-corrected chi connectivity index (χ1v) is 19.4. The molecule has 0 saturated carbocycles. The van der Waals surface area contributed by atoms with Gasteiger partial charge in [0.25, 0.3) is 0 Å². The minimum Gasteiger partial charge on any atom is -0.260 e. The summed E-state index contributed by atoms with van der Waals surface area (Å²) in [4.78, 5) is 10.5. The first kappa shape index (κ1) is 34.8. The molecule has 0 bridgehead atoms. The van der Waals surface area contributed by atoms with Crippen molar-refractivity contribution in [2.24, 2.45) is 0 Å². The van der Waals surface area contributed by atoms with Gasteiger partial charge in [-0.3, -0.25) is 4.98 Å². The van der Waals surface area contributed by atoms with Gasteiger partial charge >= 0.3 is 0 Å². The van der Waals surface area contributed by atoms with Crippen LogP contribution in [0.1, 0.15) is 47.8 Å². The molecule has 268 valence electrons. The maximum absolute atomic E-state index is 5.47. The molecule has 2 aromatic heterocycles. The van der Waals surface area contributed by atoms with Gasteiger partial charge in [0.15, 0.2) is 0 Å². The van der Waals surface area contributed by atoms with Crippen molar-refractivity contribution < 1.29 is 0 Å². The number of hydrogen-bond donors (Lipinski definition) is 0. The van der Waals surface area contributed by atoms with Gasteiger partial charge in [0.05, 0.1) is 22.5 Å². The molecule has 2 heterocycles. The van der Waals surface area contributed by atoms with E-state index in [9.17, 15) is 0 Å². The number of fused-ring (bicyclic) bond motifs is 3. The van der Waals surface area contributed by atoms with Crippen molar-refractivity contribution in [3.8, 4) is 44.6 Å². The van der Waals surface area contributed by atoms with Crippen LogP contribution in [0.4, 0.5) is 0 Å². The summed E-state index contributed by atoms with van der Waals surface area (Å²) in [6.45, 7) is 6.05. The van der Waals surface area contributed by atoms with E-state index in [1.807, 2.05) is 18.3 Å². The number of pyridine rings is 2. The van der Waals surface area contributed by atoms with Gasteiger partial charge in [-0.15, -0.1) is 0 Å². The number of aromatic nitrogens is 2. The van der Waals surface area contributed by atoms with Gasteiger partial charge < -0.3 is 0 Å². The van der Waals surface area contributed by atoms with Crippen LogP contribution in [0, 0.1) is 0 Å². The predicted molar refractivity (Wildman–Crippen MR) is 234 cm³/mol. The Morgan fingerprint density at radius 1 is 0.625 bits per heavy atom. The topological polar surface area (TPSA) is 25.8 Å². The second-order valence-corrected chi connectivity index (χ2v) is 14.4. The van der Waals surface area contributed by atoms with Crippen LogP contribution in [-0.4, -0.2) is 9.97 Å². The molecule has 0 N–H and O–H groups in total. The minimum absolute atomic E-state index is 0.553. The van der Waals surface area contributed by atoms with Gasteiger partial charge in [0, 0.05) is 11.8 Å². The summed E-state index contributed by atoms with van der Waals surface area (Å²) < 4.78 is 0. The van der Waals surface area contributed by atoms with Gasteiger partial charge in [-0.05, 0) is 129 Å². The zero-order chi connectivity index (χ0) is 37.9. The summed E-state index contributed by atoms with van der Waals surface area (Å²) in [7, 11) is 0. The largest absolute Gasteiger partial charge is 0.260 e. The first-order valence-electron chi connectivity index (χ1n) is 19.4. The molecule has 2 aliphatic carbocycles. The van der Waals surface area contributed by atoms with Crippen LogP contribution in [0.15, 0.2) is 218 Å². The smallest absolute Gasteiger partial charge is 0.0885 e. The van der Waals surface area contributed by atoms with Gasteiger partial charge in [0.1, 0.15) is 0 Å². The molecule has 56 heavy (non-hydrogen) atoms. The highest BCUT2D eigenvalue weighted by Crippen LogP contribution is 2.56. The van der Waals surface area contributed by atoms with Crippen molar-refractivity contribution >= 4 is 5.57 Å². The van der Waals surface area contributed by atoms with Gasteiger partial charge in [0.2, 0.25) is 0 Å². The van der Waals surface area contributed by atoms with E-state index in [0.717, 1.165) is 52.2 Å². The summed E-state index contributed by atoms with van der Waals surface area (Å²) in [6.07, 6.45) is 16.7. The van der Waals surface area contributed by atoms with Gasteiger partial charge in [-0.1, -0.05) is 158 Å². The van der Waals surface area contributed by atoms with Crippen molar-refractivity contribution in [3.63, 3.8) is 0 Å². The molecule has 2 heteroatoms. The van der Waals surface area contributed by atoms with E-state index in [4.69, 9.17) is 9.97 Å². The molecular weight excluding hydrogens is 677 g/mol. The fourth-order valence-corrected chi connectivity index (χ4v) is 8.64. The minimum atomic E-state index is -0.553. The molecule has 9 rings (SSSR count). The average molecular weight is 719 g/mol. The second kappa shape index (κ2) is 15.1. The molecule has 0 amide bonds. The van der Waals surface area contributed by atoms with Crippen LogP contribution < -0.4 is 0 Å². The normalized spacial score (nSPS) is 16.2. The van der Waals surface area contributed by atoms with Crippen LogP contribution in [0.5, 0.6) is 0 Å². The second-order valence-electron chi connectivity index (χ2n) is 14.4. The van der Waals surface area contributed by atoms with E-state index in [1.165, 1.54) is 50.1 Å². The fourth-order valence-electron chi connectivity index (χ4n) is 8.64. The van der Waals surface area contributed by atoms with Gasteiger partial charge in [-0.2, -0.15) is 0 Å². The third-order valence-corrected chi connectivity index (χ3v) is 11.1. The third kappa shape index (κ3) is 6.20. The molecule has 0 radical (unpaired) electrons. The van der Waals surface area contributed by atoms with Crippen LogP contribution in [0.2, 0.25) is 0 Å². The van der Waals surface area contributed by atoms with E-state index in [1.54, 1.807) is 0 Å². The van der Waals surface area contributed by atoms with Crippen LogP contribution >= 0.6 is 0 Å². The Bertz CT molecular complexity index is 2660. The van der Waals surface area contributed by atoms with Crippen molar-refractivity contribution in [1.29, 1.82) is 0 Å². The Kier molecular flexibility index (Phi) is 9.39. The zero-order valence-corrected chi connectivity index (χ0v) is 31.6. The highest BCUT2D eigenvalue weighted by Gasteiger charge is 2.47. The maximum Gasteiger partial charge on any atom is 0.0885 e. The van der Waals surface area contributed by atoms with Crippen molar-refractivity contribution in [1.82, 2.24) is 9.97 Å². The van der Waals surface area contributed by atoms with Crippen molar-refractivity contribution in [2.75, 3.05) is 0 Å². The lowest BCUT2D eigenvalue weighted by Gasteiger charge is -2.32. The Hall–Kier alpha value is -6.90. The molecule has 2 aliphatic rings. The zero-order valence-electron chi connectivity index (χ0n) is 31.6. The lowest BCUT2D eigenvalue weighted by atomic mass is 9.70. The monoisotopic (exact) mass is 718 g/mol. The number of allylic oxidation sites excluding steroid dienone is 9. The van der Waals surface area contributed by atoms with Crippen molar-refractivity contribution in [3.05, 3.63) is 246 Å². The quantitative estimate of drug-likeness (QED) is 0.139. The summed E-state index contributed by atoms with van der Waals surface area (Å²) in [5.41, 5.74) is 17.8. The molecule has 1 unspecified atom stereocenters. The standard InChI is InChI=1S/C54H42N2/c1-3-17-38(18-4-2)41-22-16-24-43(34-41)51-36-45(42-23-15-21-40(33-42)39-19-7-5-8-20-39)37-52(56-51)44-30-31-50-48(35-44)47-27-11-12-28-49(47)54(50,46-25-9-6-10-26-46)53-29-13-14-32-55-53/h3-15,17-21,23-37H,1,16,22H2,2H3/b18-4-,38-17+. The maximum atomic E-state index is 5.47. The molecule has 5 aromatic carbocycles. The summed E-state index contributed by atoms with van der Waals surface area (Å²) >= 11 is 0.